The summed E-state index contributed by atoms with van der Waals surface area (Å²) in [5, 5.41) is 10.1. The highest BCUT2D eigenvalue weighted by molar-refractivity contribution is 5.91. The standard InChI is InChI=1S/C24H41N9O2.H2/c25-10-3-4-11-29-12-6-14-30-23(35)21(15-17-16-32-20-9-2-1-7-18(17)20)33-22(34)19(26)8-5-13-31-24(27)28;/h1-2,7,9,16,19,21,29,32H,3-6,8,10-15,25-26H2,(H,30,35)(H,33,34)(H4,27,28,31);1H. The number of hydrogen-bond donors (Lipinski definition) is 8. The van der Waals surface area contributed by atoms with E-state index in [1.807, 2.05) is 30.5 Å². The quantitative estimate of drug-likeness (QED) is 0.0842. The zero-order chi connectivity index (χ0) is 25.5. The molecule has 2 aromatic rings. The molecule has 0 saturated heterocycles. The van der Waals surface area contributed by atoms with Crippen molar-refractivity contribution in [3.8, 4) is 0 Å². The SMILES string of the molecule is NCCCCNCCCNC(=O)C(Cc1c[nH]c2ccccc12)NC(=O)C(N)CCCN=C(N)N.[HH]. The summed E-state index contributed by atoms with van der Waals surface area (Å²) in [6.45, 7) is 3.30. The molecule has 12 N–H and O–H groups in total. The number of rotatable bonds is 17. The lowest BCUT2D eigenvalue weighted by atomic mass is 10.0. The number of aromatic nitrogens is 1. The molecule has 196 valence electrons. The van der Waals surface area contributed by atoms with E-state index in [-0.39, 0.29) is 19.2 Å². The van der Waals surface area contributed by atoms with Crippen LogP contribution in [-0.2, 0) is 16.0 Å². The number of para-hydroxylation sites is 1. The van der Waals surface area contributed by atoms with Gasteiger partial charge in [-0.25, -0.2) is 0 Å². The molecule has 2 atom stereocenters. The summed E-state index contributed by atoms with van der Waals surface area (Å²) < 4.78 is 0. The number of nitrogens with zero attached hydrogens (tertiary/aromatic N) is 1. The van der Waals surface area contributed by atoms with Gasteiger partial charge in [0.2, 0.25) is 11.8 Å². The summed E-state index contributed by atoms with van der Waals surface area (Å²) in [4.78, 5) is 32.9. The Morgan fingerprint density at radius 1 is 1.03 bits per heavy atom. The number of unbranched alkanes of at least 4 members (excludes halogenated alkanes) is 1. The third kappa shape index (κ3) is 10.3. The summed E-state index contributed by atoms with van der Waals surface area (Å²) in [5.41, 5.74) is 24.1. The number of aliphatic imine (C=N–C) groups is 1. The van der Waals surface area contributed by atoms with E-state index in [2.05, 4.69) is 25.9 Å². The normalized spacial score (nSPS) is 12.7. The minimum atomic E-state index is -0.764. The lowest BCUT2D eigenvalue weighted by Crippen LogP contribution is -2.52. The maximum absolute atomic E-state index is 13.0. The van der Waals surface area contributed by atoms with Gasteiger partial charge in [0.1, 0.15) is 6.04 Å². The first-order chi connectivity index (χ1) is 16.9. The largest absolute Gasteiger partial charge is 0.370 e. The first-order valence-electron chi connectivity index (χ1n) is 12.3. The van der Waals surface area contributed by atoms with E-state index in [9.17, 15) is 9.59 Å². The molecule has 0 aliphatic rings. The van der Waals surface area contributed by atoms with E-state index in [0.717, 1.165) is 48.8 Å². The monoisotopic (exact) mass is 489 g/mol. The van der Waals surface area contributed by atoms with Gasteiger partial charge in [-0.05, 0) is 63.4 Å². The molecule has 0 fully saturated rings. The smallest absolute Gasteiger partial charge is 0.242 e. The Bertz CT molecular complexity index is 947. The van der Waals surface area contributed by atoms with E-state index >= 15 is 0 Å². The number of amides is 2. The van der Waals surface area contributed by atoms with Crippen LogP contribution in [0.5, 0.6) is 0 Å². The predicted octanol–water partition coefficient (Wildman–Crippen LogP) is -0.343. The van der Waals surface area contributed by atoms with Gasteiger partial charge in [-0.2, -0.15) is 0 Å². The van der Waals surface area contributed by atoms with Crippen molar-refractivity contribution in [3.63, 3.8) is 0 Å². The molecule has 0 aliphatic carbocycles. The molecule has 1 aromatic heterocycles. The molecule has 1 heterocycles. The molecule has 35 heavy (non-hydrogen) atoms. The minimum Gasteiger partial charge on any atom is -0.370 e. The topological polar surface area (TPSA) is 202 Å². The Kier molecular flexibility index (Phi) is 12.6. The first kappa shape index (κ1) is 28.1. The molecule has 11 heteroatoms. The summed E-state index contributed by atoms with van der Waals surface area (Å²) in [6.07, 6.45) is 6.00. The fourth-order valence-electron chi connectivity index (χ4n) is 3.73. The van der Waals surface area contributed by atoms with E-state index < -0.39 is 12.1 Å². The van der Waals surface area contributed by atoms with Crippen LogP contribution < -0.4 is 38.9 Å². The van der Waals surface area contributed by atoms with Crippen molar-refractivity contribution in [2.24, 2.45) is 27.9 Å². The number of guanidine groups is 1. The van der Waals surface area contributed by atoms with Crippen LogP contribution in [0.1, 0.15) is 39.1 Å². The Labute approximate surface area is 208 Å². The van der Waals surface area contributed by atoms with Crippen molar-refractivity contribution in [1.82, 2.24) is 20.9 Å². The van der Waals surface area contributed by atoms with Crippen molar-refractivity contribution in [2.75, 3.05) is 32.7 Å². The van der Waals surface area contributed by atoms with Crippen LogP contribution in [0, 0.1) is 0 Å². The summed E-state index contributed by atoms with van der Waals surface area (Å²) >= 11 is 0. The van der Waals surface area contributed by atoms with Crippen LogP contribution in [0.2, 0.25) is 0 Å². The van der Waals surface area contributed by atoms with E-state index in [1.165, 1.54) is 0 Å². The first-order valence-corrected chi connectivity index (χ1v) is 12.3. The highest BCUT2D eigenvalue weighted by Gasteiger charge is 2.24. The Morgan fingerprint density at radius 2 is 1.80 bits per heavy atom. The molecular formula is C24H43N9O2. The Hall–Kier alpha value is -3.15. The van der Waals surface area contributed by atoms with Crippen LogP contribution in [0.15, 0.2) is 35.5 Å². The van der Waals surface area contributed by atoms with Gasteiger partial charge in [0.05, 0.1) is 6.04 Å². The van der Waals surface area contributed by atoms with Crippen LogP contribution in [-0.4, -0.2) is 67.6 Å². The van der Waals surface area contributed by atoms with Crippen LogP contribution in [0.25, 0.3) is 10.9 Å². The lowest BCUT2D eigenvalue weighted by Gasteiger charge is -2.21. The Balaban J connectivity index is 0.00000648. The summed E-state index contributed by atoms with van der Waals surface area (Å²) in [6, 6.07) is 6.34. The second kappa shape index (κ2) is 15.7. The van der Waals surface area contributed by atoms with Crippen LogP contribution in [0.3, 0.4) is 0 Å². The third-order valence-corrected chi connectivity index (χ3v) is 5.67. The molecule has 2 unspecified atom stereocenters. The number of hydrogen-bond acceptors (Lipinski definition) is 6. The molecule has 11 nitrogen and oxygen atoms in total. The third-order valence-electron chi connectivity index (χ3n) is 5.67. The number of nitrogens with two attached hydrogens (primary N) is 4. The fourth-order valence-corrected chi connectivity index (χ4v) is 3.73. The molecular weight excluding hydrogens is 446 g/mol. The number of carbonyl (C=O) groups excluding carboxylic acids is 2. The molecule has 0 aliphatic heterocycles. The average Bonchev–Trinajstić information content (AvgIpc) is 3.25. The summed E-state index contributed by atoms with van der Waals surface area (Å²) in [7, 11) is 0. The molecule has 1 aromatic carbocycles. The molecule has 2 amide bonds. The minimum absolute atomic E-state index is 0. The zero-order valence-electron chi connectivity index (χ0n) is 20.4. The van der Waals surface area contributed by atoms with Gasteiger partial charge in [0, 0.05) is 38.0 Å². The number of nitrogens with one attached hydrogen (secondary N) is 4. The van der Waals surface area contributed by atoms with Crippen LogP contribution >= 0.6 is 0 Å². The van der Waals surface area contributed by atoms with Crippen molar-refractivity contribution < 1.29 is 11.0 Å². The summed E-state index contributed by atoms with van der Waals surface area (Å²) in [5.74, 6) is -0.611. The van der Waals surface area contributed by atoms with Gasteiger partial charge in [-0.3, -0.25) is 14.6 Å². The maximum Gasteiger partial charge on any atom is 0.242 e. The molecule has 0 bridgehead atoms. The van der Waals surface area contributed by atoms with Gasteiger partial charge in [0.15, 0.2) is 5.96 Å². The van der Waals surface area contributed by atoms with E-state index in [4.69, 9.17) is 22.9 Å². The molecule has 0 radical (unpaired) electrons. The highest BCUT2D eigenvalue weighted by Crippen LogP contribution is 2.19. The molecule has 0 spiro atoms. The maximum atomic E-state index is 13.0. The van der Waals surface area contributed by atoms with E-state index in [1.54, 1.807) is 0 Å². The Morgan fingerprint density at radius 3 is 2.57 bits per heavy atom. The predicted molar refractivity (Wildman–Crippen MR) is 143 cm³/mol. The second-order valence-electron chi connectivity index (χ2n) is 8.57. The fraction of sp³-hybridized carbons (Fsp3) is 0.542. The van der Waals surface area contributed by atoms with Gasteiger partial charge in [-0.15, -0.1) is 0 Å². The molecule has 2 rings (SSSR count). The number of aromatic amines is 1. The van der Waals surface area contributed by atoms with Gasteiger partial charge >= 0.3 is 0 Å². The van der Waals surface area contributed by atoms with Crippen molar-refractivity contribution in [1.29, 1.82) is 0 Å². The number of carbonyl (C=O) groups is 2. The zero-order valence-corrected chi connectivity index (χ0v) is 20.4. The number of benzene rings is 1. The van der Waals surface area contributed by atoms with Gasteiger partial charge in [-0.1, -0.05) is 18.2 Å². The lowest BCUT2D eigenvalue weighted by molar-refractivity contribution is -0.129. The second-order valence-corrected chi connectivity index (χ2v) is 8.57. The number of H-pyrrole nitrogens is 1. The van der Waals surface area contributed by atoms with Crippen molar-refractivity contribution in [2.45, 2.75) is 50.6 Å². The van der Waals surface area contributed by atoms with Gasteiger partial charge < -0.3 is 43.9 Å². The van der Waals surface area contributed by atoms with Crippen molar-refractivity contribution in [3.05, 3.63) is 36.0 Å². The number of fused-ring (bicyclic) bond motifs is 1. The van der Waals surface area contributed by atoms with E-state index in [0.29, 0.717) is 38.9 Å². The van der Waals surface area contributed by atoms with Crippen LogP contribution in [0.4, 0.5) is 0 Å². The highest BCUT2D eigenvalue weighted by atomic mass is 16.2. The van der Waals surface area contributed by atoms with Gasteiger partial charge in [0.25, 0.3) is 0 Å². The van der Waals surface area contributed by atoms with Crippen molar-refractivity contribution >= 4 is 28.7 Å². The molecule has 0 saturated carbocycles. The average molecular weight is 490 g/mol.